The fourth-order valence-corrected chi connectivity index (χ4v) is 4.47. The van der Waals surface area contributed by atoms with Gasteiger partial charge in [-0.3, -0.25) is 19.6 Å². The zero-order valence-electron chi connectivity index (χ0n) is 15.1. The lowest BCUT2D eigenvalue weighted by molar-refractivity contribution is -0.129. The fourth-order valence-electron chi connectivity index (χ4n) is 4.47. The van der Waals surface area contributed by atoms with Gasteiger partial charge >= 0.3 is 6.03 Å². The molecule has 0 aromatic carbocycles. The zero-order chi connectivity index (χ0) is 17.6. The molecule has 3 amide bonds. The van der Waals surface area contributed by atoms with Crippen molar-refractivity contribution in [3.63, 3.8) is 0 Å². The van der Waals surface area contributed by atoms with Crippen molar-refractivity contribution in [2.75, 3.05) is 26.2 Å². The summed E-state index contributed by atoms with van der Waals surface area (Å²) < 4.78 is 0. The van der Waals surface area contributed by atoms with Gasteiger partial charge in [0, 0.05) is 44.1 Å². The molecule has 0 radical (unpaired) electrons. The molecule has 0 bridgehead atoms. The average molecular weight is 342 g/mol. The molecule has 1 unspecified atom stereocenters. The van der Waals surface area contributed by atoms with Gasteiger partial charge in [0.05, 0.1) is 0 Å². The van der Waals surface area contributed by atoms with E-state index < -0.39 is 0 Å². The number of rotatable bonds is 3. The number of imide groups is 1. The third-order valence-electron chi connectivity index (χ3n) is 5.72. The Bertz CT molecular complexity index is 718. The lowest BCUT2D eigenvalue weighted by Crippen LogP contribution is -2.52. The number of piperazine rings is 1. The van der Waals surface area contributed by atoms with Gasteiger partial charge in [0.2, 0.25) is 0 Å². The Kier molecular flexibility index (Phi) is 4.23. The summed E-state index contributed by atoms with van der Waals surface area (Å²) in [5, 5.41) is 0. The SMILES string of the molecule is CCN1C(=O)C2CN(Cc3cc(C)nc4c3CCCC4)CCN2C1=O. The van der Waals surface area contributed by atoms with Crippen LogP contribution in [0, 0.1) is 6.92 Å². The van der Waals surface area contributed by atoms with E-state index in [1.54, 1.807) is 4.90 Å². The van der Waals surface area contributed by atoms with Crippen LogP contribution in [0.4, 0.5) is 4.79 Å². The largest absolute Gasteiger partial charge is 0.327 e. The number of likely N-dealkylation sites (N-methyl/N-ethyl adjacent to an activating group) is 1. The van der Waals surface area contributed by atoms with Gasteiger partial charge in [-0.05, 0) is 56.7 Å². The number of carbonyl (C=O) groups excluding carboxylic acids is 2. The third-order valence-corrected chi connectivity index (χ3v) is 5.72. The van der Waals surface area contributed by atoms with Crippen LogP contribution in [0.1, 0.15) is 42.3 Å². The standard InChI is InChI=1S/C19H26N4O2/c1-3-22-18(24)17-12-21(8-9-23(17)19(22)25)11-14-10-13(2)20-16-7-5-4-6-15(14)16/h10,17H,3-9,11-12H2,1-2H3. The maximum absolute atomic E-state index is 12.5. The van der Waals surface area contributed by atoms with Crippen LogP contribution in [0.15, 0.2) is 6.07 Å². The first-order valence-corrected chi connectivity index (χ1v) is 9.41. The number of hydrogen-bond donors (Lipinski definition) is 0. The number of hydrogen-bond acceptors (Lipinski definition) is 4. The molecule has 25 heavy (non-hydrogen) atoms. The quantitative estimate of drug-likeness (QED) is 0.785. The van der Waals surface area contributed by atoms with E-state index in [2.05, 4.69) is 17.9 Å². The Labute approximate surface area is 148 Å². The number of fused-ring (bicyclic) bond motifs is 2. The van der Waals surface area contributed by atoms with Crippen LogP contribution in [0.2, 0.25) is 0 Å². The highest BCUT2D eigenvalue weighted by Crippen LogP contribution is 2.27. The molecule has 3 aliphatic rings. The first kappa shape index (κ1) is 16.5. The van der Waals surface area contributed by atoms with Crippen LogP contribution in [0.3, 0.4) is 0 Å². The van der Waals surface area contributed by atoms with Gasteiger partial charge in [0.15, 0.2) is 0 Å². The van der Waals surface area contributed by atoms with Gasteiger partial charge in [-0.2, -0.15) is 0 Å². The highest BCUT2D eigenvalue weighted by atomic mass is 16.2. The zero-order valence-corrected chi connectivity index (χ0v) is 15.1. The fraction of sp³-hybridized carbons (Fsp3) is 0.632. The highest BCUT2D eigenvalue weighted by molar-refractivity contribution is 6.04. The maximum atomic E-state index is 12.5. The van der Waals surface area contributed by atoms with Crippen LogP contribution < -0.4 is 0 Å². The Morgan fingerprint density at radius 3 is 2.80 bits per heavy atom. The summed E-state index contributed by atoms with van der Waals surface area (Å²) >= 11 is 0. The van der Waals surface area contributed by atoms with E-state index in [-0.39, 0.29) is 18.0 Å². The van der Waals surface area contributed by atoms with E-state index in [4.69, 9.17) is 4.98 Å². The molecular weight excluding hydrogens is 316 g/mol. The van der Waals surface area contributed by atoms with E-state index >= 15 is 0 Å². The Hall–Kier alpha value is -1.95. The molecule has 1 aliphatic carbocycles. The second-order valence-electron chi connectivity index (χ2n) is 7.36. The van der Waals surface area contributed by atoms with E-state index in [9.17, 15) is 9.59 Å². The first-order chi connectivity index (χ1) is 12.1. The summed E-state index contributed by atoms with van der Waals surface area (Å²) in [4.78, 5) is 35.0. The van der Waals surface area contributed by atoms with Gasteiger partial charge in [-0.1, -0.05) is 0 Å². The van der Waals surface area contributed by atoms with E-state index in [0.717, 1.165) is 31.6 Å². The molecule has 0 saturated carbocycles. The Morgan fingerprint density at radius 1 is 1.20 bits per heavy atom. The number of carbonyl (C=O) groups is 2. The molecule has 2 saturated heterocycles. The molecule has 2 aliphatic heterocycles. The topological polar surface area (TPSA) is 56.8 Å². The van der Waals surface area contributed by atoms with Crippen molar-refractivity contribution < 1.29 is 9.59 Å². The van der Waals surface area contributed by atoms with Crippen molar-refractivity contribution in [2.45, 2.75) is 52.1 Å². The molecule has 6 heteroatoms. The molecular formula is C19H26N4O2. The third kappa shape index (κ3) is 2.82. The second-order valence-corrected chi connectivity index (χ2v) is 7.36. The molecule has 0 N–H and O–H groups in total. The van der Waals surface area contributed by atoms with E-state index in [0.29, 0.717) is 19.6 Å². The van der Waals surface area contributed by atoms with Crippen molar-refractivity contribution in [3.05, 3.63) is 28.6 Å². The molecule has 4 rings (SSSR count). The summed E-state index contributed by atoms with van der Waals surface area (Å²) in [6, 6.07) is 1.78. The minimum absolute atomic E-state index is 0.0369. The van der Waals surface area contributed by atoms with Gasteiger partial charge in [0.1, 0.15) is 6.04 Å². The van der Waals surface area contributed by atoms with Crippen LogP contribution in [0.25, 0.3) is 0 Å². The number of nitrogens with zero attached hydrogens (tertiary/aromatic N) is 4. The predicted molar refractivity (Wildman–Crippen MR) is 94.2 cm³/mol. The van der Waals surface area contributed by atoms with Crippen molar-refractivity contribution in [1.29, 1.82) is 0 Å². The van der Waals surface area contributed by atoms with Crippen LogP contribution in [-0.2, 0) is 24.2 Å². The number of aromatic nitrogens is 1. The minimum atomic E-state index is -0.306. The molecule has 134 valence electrons. The summed E-state index contributed by atoms with van der Waals surface area (Å²) in [7, 11) is 0. The smallest absolute Gasteiger partial charge is 0.310 e. The number of pyridine rings is 1. The molecule has 6 nitrogen and oxygen atoms in total. The normalized spacial score (nSPS) is 23.8. The van der Waals surface area contributed by atoms with Gasteiger partial charge < -0.3 is 4.90 Å². The average Bonchev–Trinajstić information content (AvgIpc) is 2.85. The van der Waals surface area contributed by atoms with Crippen molar-refractivity contribution in [3.8, 4) is 0 Å². The Morgan fingerprint density at radius 2 is 2.00 bits per heavy atom. The van der Waals surface area contributed by atoms with Gasteiger partial charge in [-0.25, -0.2) is 4.79 Å². The van der Waals surface area contributed by atoms with Crippen LogP contribution in [0.5, 0.6) is 0 Å². The summed E-state index contributed by atoms with van der Waals surface area (Å²) in [6.07, 6.45) is 4.66. The maximum Gasteiger partial charge on any atom is 0.327 e. The summed E-state index contributed by atoms with van der Waals surface area (Å²) in [5.41, 5.74) is 5.13. The lowest BCUT2D eigenvalue weighted by atomic mass is 9.91. The summed E-state index contributed by atoms with van der Waals surface area (Å²) in [6.45, 7) is 7.33. The monoisotopic (exact) mass is 342 g/mol. The van der Waals surface area contributed by atoms with Crippen molar-refractivity contribution in [1.82, 2.24) is 19.7 Å². The van der Waals surface area contributed by atoms with Crippen LogP contribution in [-0.4, -0.2) is 63.8 Å². The molecule has 0 spiro atoms. The van der Waals surface area contributed by atoms with Crippen molar-refractivity contribution >= 4 is 11.9 Å². The molecule has 1 atom stereocenters. The number of urea groups is 1. The molecule has 3 heterocycles. The first-order valence-electron chi connectivity index (χ1n) is 9.41. The van der Waals surface area contributed by atoms with Gasteiger partial charge in [0.25, 0.3) is 5.91 Å². The van der Waals surface area contributed by atoms with Gasteiger partial charge in [-0.15, -0.1) is 0 Å². The molecule has 2 fully saturated rings. The predicted octanol–water partition coefficient (Wildman–Crippen LogP) is 1.74. The minimum Gasteiger partial charge on any atom is -0.310 e. The second kappa shape index (κ2) is 6.41. The van der Waals surface area contributed by atoms with E-state index in [1.165, 1.54) is 34.6 Å². The summed E-state index contributed by atoms with van der Waals surface area (Å²) in [5.74, 6) is -0.0369. The number of amides is 3. The van der Waals surface area contributed by atoms with Crippen molar-refractivity contribution in [2.24, 2.45) is 0 Å². The highest BCUT2D eigenvalue weighted by Gasteiger charge is 2.46. The lowest BCUT2D eigenvalue weighted by Gasteiger charge is -2.36. The van der Waals surface area contributed by atoms with E-state index in [1.807, 2.05) is 6.92 Å². The number of aryl methyl sites for hydroxylation is 2. The molecule has 1 aromatic heterocycles. The Balaban J connectivity index is 1.53. The molecule has 1 aromatic rings. The van der Waals surface area contributed by atoms with Crippen LogP contribution >= 0.6 is 0 Å².